The number of nitrogens with one attached hydrogen (secondary N) is 2. The van der Waals surface area contributed by atoms with Gasteiger partial charge in [0.05, 0.1) is 17.6 Å². The Hall–Kier alpha value is -2.93. The predicted octanol–water partition coefficient (Wildman–Crippen LogP) is 5.63. The second kappa shape index (κ2) is 15.0. The molecule has 182 valence electrons. The highest BCUT2D eigenvalue weighted by Gasteiger charge is 2.20. The van der Waals surface area contributed by atoms with E-state index in [1.807, 2.05) is 43.9 Å². The van der Waals surface area contributed by atoms with Gasteiger partial charge in [-0.2, -0.15) is 0 Å². The Morgan fingerprint density at radius 2 is 1.73 bits per heavy atom. The summed E-state index contributed by atoms with van der Waals surface area (Å²) in [6.45, 7) is 19.0. The van der Waals surface area contributed by atoms with E-state index in [2.05, 4.69) is 40.9 Å². The molecule has 0 saturated carbocycles. The van der Waals surface area contributed by atoms with Crippen LogP contribution < -0.4 is 10.6 Å². The Labute approximate surface area is 198 Å². The predicted molar refractivity (Wildman–Crippen MR) is 137 cm³/mol. The lowest BCUT2D eigenvalue weighted by atomic mass is 10.1. The van der Waals surface area contributed by atoms with E-state index in [0.29, 0.717) is 36.7 Å². The minimum Gasteiger partial charge on any atom is -0.341 e. The number of benzene rings is 1. The zero-order valence-corrected chi connectivity index (χ0v) is 21.0. The van der Waals surface area contributed by atoms with Gasteiger partial charge in [-0.05, 0) is 25.1 Å². The van der Waals surface area contributed by atoms with E-state index < -0.39 is 0 Å². The van der Waals surface area contributed by atoms with Crippen LogP contribution in [0.3, 0.4) is 0 Å². The molecule has 2 aromatic rings. The molecular weight excluding hydrogens is 417 g/mol. The molecule has 2 N–H and O–H groups in total. The molecule has 1 aliphatic rings. The SMILES string of the molecule is C=C(Nc1ccc(C)nc1)Nc1cccc(CN2CCN(C(C)=O)CC2)c1F.CC.CCC. The fourth-order valence-electron chi connectivity index (χ4n) is 3.17. The van der Waals surface area contributed by atoms with E-state index in [4.69, 9.17) is 0 Å². The smallest absolute Gasteiger partial charge is 0.219 e. The molecule has 3 rings (SSSR count). The molecule has 0 bridgehead atoms. The lowest BCUT2D eigenvalue weighted by Crippen LogP contribution is -2.47. The topological polar surface area (TPSA) is 60.5 Å². The second-order valence-corrected chi connectivity index (χ2v) is 7.68. The van der Waals surface area contributed by atoms with Gasteiger partial charge >= 0.3 is 0 Å². The number of carbonyl (C=O) groups is 1. The summed E-state index contributed by atoms with van der Waals surface area (Å²) in [6.07, 6.45) is 2.95. The van der Waals surface area contributed by atoms with Gasteiger partial charge in [0.25, 0.3) is 0 Å². The van der Waals surface area contributed by atoms with Gasteiger partial charge in [0.1, 0.15) is 5.82 Å². The van der Waals surface area contributed by atoms with Crippen LogP contribution in [0.2, 0.25) is 0 Å². The number of piperazine rings is 1. The van der Waals surface area contributed by atoms with Crippen molar-refractivity contribution in [3.63, 3.8) is 0 Å². The molecule has 7 heteroatoms. The molecule has 1 amide bonds. The van der Waals surface area contributed by atoms with Gasteiger partial charge in [-0.3, -0.25) is 14.7 Å². The lowest BCUT2D eigenvalue weighted by Gasteiger charge is -2.34. The van der Waals surface area contributed by atoms with E-state index in [0.717, 1.165) is 24.5 Å². The summed E-state index contributed by atoms with van der Waals surface area (Å²) in [5.74, 6) is 0.269. The fourth-order valence-corrected chi connectivity index (χ4v) is 3.17. The number of carbonyl (C=O) groups excluding carboxylic acids is 1. The van der Waals surface area contributed by atoms with Gasteiger partial charge in [-0.15, -0.1) is 0 Å². The number of hydrogen-bond acceptors (Lipinski definition) is 5. The van der Waals surface area contributed by atoms with Crippen LogP contribution in [0.1, 0.15) is 52.3 Å². The highest BCUT2D eigenvalue weighted by atomic mass is 19.1. The van der Waals surface area contributed by atoms with Crippen molar-refractivity contribution in [3.8, 4) is 0 Å². The molecule has 1 fully saturated rings. The van der Waals surface area contributed by atoms with Crippen molar-refractivity contribution in [3.05, 3.63) is 66.0 Å². The zero-order valence-electron chi connectivity index (χ0n) is 21.0. The van der Waals surface area contributed by atoms with Gasteiger partial charge < -0.3 is 15.5 Å². The maximum absolute atomic E-state index is 14.9. The van der Waals surface area contributed by atoms with Crippen LogP contribution in [-0.2, 0) is 11.3 Å². The van der Waals surface area contributed by atoms with Crippen LogP contribution in [0.5, 0.6) is 0 Å². The third-order valence-corrected chi connectivity index (χ3v) is 4.78. The Kier molecular flexibility index (Phi) is 12.8. The minimum atomic E-state index is -0.290. The van der Waals surface area contributed by atoms with Crippen LogP contribution in [0.15, 0.2) is 48.9 Å². The number of aromatic nitrogens is 1. The number of anilines is 2. The van der Waals surface area contributed by atoms with Crippen LogP contribution in [0.25, 0.3) is 0 Å². The summed E-state index contributed by atoms with van der Waals surface area (Å²) in [6, 6.07) is 9.09. The molecule has 0 atom stereocenters. The first-order valence-corrected chi connectivity index (χ1v) is 11.7. The highest BCUT2D eigenvalue weighted by Crippen LogP contribution is 2.22. The number of nitrogens with zero attached hydrogens (tertiary/aromatic N) is 3. The van der Waals surface area contributed by atoms with Crippen molar-refractivity contribution in [2.24, 2.45) is 0 Å². The average Bonchev–Trinajstić information content (AvgIpc) is 2.80. The van der Waals surface area contributed by atoms with Gasteiger partial charge in [-0.25, -0.2) is 4.39 Å². The summed E-state index contributed by atoms with van der Waals surface area (Å²) in [7, 11) is 0. The summed E-state index contributed by atoms with van der Waals surface area (Å²) in [5, 5.41) is 6.07. The molecule has 0 aliphatic carbocycles. The summed E-state index contributed by atoms with van der Waals surface area (Å²) in [4.78, 5) is 19.6. The molecule has 6 nitrogen and oxygen atoms in total. The van der Waals surface area contributed by atoms with Crippen LogP contribution in [0, 0.1) is 12.7 Å². The molecule has 0 unspecified atom stereocenters. The van der Waals surface area contributed by atoms with Crippen molar-refractivity contribution >= 4 is 17.3 Å². The number of hydrogen-bond donors (Lipinski definition) is 2. The van der Waals surface area contributed by atoms with Gasteiger partial charge in [0.2, 0.25) is 5.91 Å². The standard InChI is InChI=1S/C21H26FN5O.C3H8.C2H6/c1-15-7-8-19(13-23-15)24-16(2)25-20-6-4-5-18(21(20)22)14-26-9-11-27(12-10-26)17(3)28;1-3-2;1-2/h4-8,13,24-25H,2,9-12,14H2,1,3H3;3H2,1-2H3;1-2H3. The van der Waals surface area contributed by atoms with Crippen molar-refractivity contribution in [2.45, 2.75) is 54.5 Å². The van der Waals surface area contributed by atoms with E-state index in [1.54, 1.807) is 25.3 Å². The maximum atomic E-state index is 14.9. The van der Waals surface area contributed by atoms with E-state index in [9.17, 15) is 9.18 Å². The zero-order chi connectivity index (χ0) is 24.8. The second-order valence-electron chi connectivity index (χ2n) is 7.68. The number of pyridine rings is 1. The highest BCUT2D eigenvalue weighted by molar-refractivity contribution is 5.73. The first kappa shape index (κ1) is 28.1. The number of halogens is 1. The Morgan fingerprint density at radius 3 is 2.27 bits per heavy atom. The first-order chi connectivity index (χ1) is 15.8. The number of amides is 1. The third kappa shape index (κ3) is 9.61. The van der Waals surface area contributed by atoms with Crippen molar-refractivity contribution in [1.82, 2.24) is 14.8 Å². The Morgan fingerprint density at radius 1 is 1.09 bits per heavy atom. The molecule has 1 aliphatic heterocycles. The molecule has 1 aromatic carbocycles. The van der Waals surface area contributed by atoms with Gasteiger partial charge in [0, 0.05) is 50.9 Å². The van der Waals surface area contributed by atoms with Gasteiger partial charge in [-0.1, -0.05) is 52.8 Å². The number of rotatable bonds is 6. The quantitative estimate of drug-likeness (QED) is 0.589. The van der Waals surface area contributed by atoms with Crippen molar-refractivity contribution < 1.29 is 9.18 Å². The first-order valence-electron chi connectivity index (χ1n) is 11.7. The molecule has 33 heavy (non-hydrogen) atoms. The molecule has 1 aromatic heterocycles. The Balaban J connectivity index is 0.00000101. The van der Waals surface area contributed by atoms with E-state index in [-0.39, 0.29) is 11.7 Å². The van der Waals surface area contributed by atoms with E-state index in [1.165, 1.54) is 6.42 Å². The Bertz CT molecular complexity index is 861. The summed E-state index contributed by atoms with van der Waals surface area (Å²) < 4.78 is 14.9. The molecule has 1 saturated heterocycles. The van der Waals surface area contributed by atoms with Gasteiger partial charge in [0.15, 0.2) is 5.82 Å². The van der Waals surface area contributed by atoms with Crippen LogP contribution in [-0.4, -0.2) is 46.9 Å². The maximum Gasteiger partial charge on any atom is 0.219 e. The number of aryl methyl sites for hydroxylation is 1. The molecule has 0 spiro atoms. The van der Waals surface area contributed by atoms with Crippen LogP contribution >= 0.6 is 0 Å². The van der Waals surface area contributed by atoms with Crippen molar-refractivity contribution in [2.75, 3.05) is 36.8 Å². The molecule has 2 heterocycles. The third-order valence-electron chi connectivity index (χ3n) is 4.78. The lowest BCUT2D eigenvalue weighted by molar-refractivity contribution is -0.130. The normalized spacial score (nSPS) is 13.1. The van der Waals surface area contributed by atoms with Crippen molar-refractivity contribution in [1.29, 1.82) is 0 Å². The average molecular weight is 458 g/mol. The summed E-state index contributed by atoms with van der Waals surface area (Å²) in [5.41, 5.74) is 2.69. The largest absolute Gasteiger partial charge is 0.341 e. The van der Waals surface area contributed by atoms with Crippen LogP contribution in [0.4, 0.5) is 15.8 Å². The minimum absolute atomic E-state index is 0.0896. The van der Waals surface area contributed by atoms with E-state index >= 15 is 0 Å². The molecular formula is C26H40FN5O. The fraction of sp³-hybridized carbons (Fsp3) is 0.462. The summed E-state index contributed by atoms with van der Waals surface area (Å²) >= 11 is 0. The monoisotopic (exact) mass is 457 g/mol. The molecule has 0 radical (unpaired) electrons.